The van der Waals surface area contributed by atoms with Gasteiger partial charge in [-0.25, -0.2) is 9.97 Å². The molecule has 4 aromatic rings. The Morgan fingerprint density at radius 2 is 2.12 bits per heavy atom. The highest BCUT2D eigenvalue weighted by atomic mass is 32.1. The number of nitrogens with one attached hydrogen (secondary N) is 1. The molecule has 0 aliphatic rings. The zero-order valence-corrected chi connectivity index (χ0v) is 14.8. The van der Waals surface area contributed by atoms with Gasteiger partial charge in [0.1, 0.15) is 10.6 Å². The Morgan fingerprint density at radius 1 is 1.17 bits per heavy atom. The average Bonchev–Trinajstić information content (AvgIpc) is 3.24. The highest BCUT2D eigenvalue weighted by Gasteiger charge is 2.12. The number of nitrogens with zero attached hydrogens (tertiary/aromatic N) is 3. The van der Waals surface area contributed by atoms with E-state index in [1.807, 2.05) is 12.1 Å². The number of fused-ring (bicyclic) bond motifs is 1. The van der Waals surface area contributed by atoms with Crippen molar-refractivity contribution >= 4 is 38.7 Å². The molecule has 0 aliphatic carbocycles. The zero-order chi connectivity index (χ0) is 16.4. The van der Waals surface area contributed by atoms with E-state index in [1.54, 1.807) is 35.1 Å². The van der Waals surface area contributed by atoms with Crippen LogP contribution in [-0.2, 0) is 6.42 Å². The summed E-state index contributed by atoms with van der Waals surface area (Å²) in [7, 11) is 0. The molecule has 4 aromatic heterocycles. The highest BCUT2D eigenvalue weighted by molar-refractivity contribution is 7.18. The van der Waals surface area contributed by atoms with Crippen molar-refractivity contribution in [3.63, 3.8) is 0 Å². The van der Waals surface area contributed by atoms with Gasteiger partial charge in [0.25, 0.3) is 0 Å². The molecule has 6 heteroatoms. The number of hydrogen-bond acceptors (Lipinski definition) is 6. The predicted octanol–water partition coefficient (Wildman–Crippen LogP) is 4.78. The summed E-state index contributed by atoms with van der Waals surface area (Å²) >= 11 is 3.48. The molecule has 120 valence electrons. The molecule has 0 aliphatic heterocycles. The third-order valence-electron chi connectivity index (χ3n) is 3.68. The van der Waals surface area contributed by atoms with Crippen LogP contribution in [-0.4, -0.2) is 21.5 Å². The summed E-state index contributed by atoms with van der Waals surface area (Å²) in [6.07, 6.45) is 4.56. The van der Waals surface area contributed by atoms with Gasteiger partial charge in [0, 0.05) is 34.3 Å². The maximum atomic E-state index is 4.75. The fourth-order valence-electron chi connectivity index (χ4n) is 2.56. The Kier molecular flexibility index (Phi) is 4.23. The summed E-state index contributed by atoms with van der Waals surface area (Å²) in [6, 6.07) is 10.3. The lowest BCUT2D eigenvalue weighted by molar-refractivity contribution is 1.03. The first-order valence-corrected chi connectivity index (χ1v) is 9.44. The summed E-state index contributed by atoms with van der Waals surface area (Å²) in [5.41, 5.74) is 0.937. The molecule has 0 spiro atoms. The molecule has 4 heterocycles. The number of anilines is 1. The summed E-state index contributed by atoms with van der Waals surface area (Å²) in [5, 5.41) is 6.70. The van der Waals surface area contributed by atoms with Gasteiger partial charge in [-0.15, -0.1) is 22.7 Å². The molecule has 0 amide bonds. The van der Waals surface area contributed by atoms with Crippen LogP contribution in [0.4, 0.5) is 5.82 Å². The lowest BCUT2D eigenvalue weighted by atomic mass is 10.2. The topological polar surface area (TPSA) is 50.7 Å². The van der Waals surface area contributed by atoms with Crippen LogP contribution < -0.4 is 5.32 Å². The van der Waals surface area contributed by atoms with Crippen molar-refractivity contribution in [2.75, 3.05) is 11.9 Å². The summed E-state index contributed by atoms with van der Waals surface area (Å²) < 4.78 is 0. The van der Waals surface area contributed by atoms with E-state index in [0.717, 1.165) is 40.4 Å². The maximum absolute atomic E-state index is 4.75. The van der Waals surface area contributed by atoms with E-state index in [9.17, 15) is 0 Å². The van der Waals surface area contributed by atoms with Crippen LogP contribution in [0.3, 0.4) is 0 Å². The van der Waals surface area contributed by atoms with Crippen LogP contribution in [0.25, 0.3) is 21.6 Å². The highest BCUT2D eigenvalue weighted by Crippen LogP contribution is 2.30. The Morgan fingerprint density at radius 3 is 2.92 bits per heavy atom. The molecule has 24 heavy (non-hydrogen) atoms. The molecule has 0 saturated carbocycles. The predicted molar refractivity (Wildman–Crippen MR) is 102 cm³/mol. The molecule has 0 aromatic carbocycles. The van der Waals surface area contributed by atoms with E-state index in [-0.39, 0.29) is 0 Å². The van der Waals surface area contributed by atoms with Crippen LogP contribution in [0.15, 0.2) is 48.1 Å². The Bertz CT molecular complexity index is 946. The molecule has 0 atom stereocenters. The molecule has 4 nitrogen and oxygen atoms in total. The Hall–Kier alpha value is -2.31. The molecule has 0 bridgehead atoms. The third-order valence-corrected chi connectivity index (χ3v) is 5.56. The lowest BCUT2D eigenvalue weighted by Crippen LogP contribution is -2.07. The number of rotatable bonds is 5. The van der Waals surface area contributed by atoms with Crippen LogP contribution in [0, 0.1) is 6.92 Å². The van der Waals surface area contributed by atoms with Gasteiger partial charge >= 0.3 is 0 Å². The minimum atomic E-state index is 0.719. The van der Waals surface area contributed by atoms with E-state index >= 15 is 0 Å². The third kappa shape index (κ3) is 3.16. The van der Waals surface area contributed by atoms with Gasteiger partial charge in [-0.3, -0.25) is 4.98 Å². The van der Waals surface area contributed by atoms with Crippen molar-refractivity contribution in [1.29, 1.82) is 0 Å². The van der Waals surface area contributed by atoms with Crippen molar-refractivity contribution < 1.29 is 0 Å². The lowest BCUT2D eigenvalue weighted by Gasteiger charge is -2.08. The van der Waals surface area contributed by atoms with Gasteiger partial charge in [0.15, 0.2) is 5.82 Å². The van der Waals surface area contributed by atoms with Crippen LogP contribution in [0.2, 0.25) is 0 Å². The number of aryl methyl sites for hydroxylation is 1. The Balaban J connectivity index is 1.67. The normalized spacial score (nSPS) is 11.0. The second-order valence-electron chi connectivity index (χ2n) is 5.47. The SMILES string of the molecule is Cc1cc2c(NCCc3cccs3)nc(-c3cccnc3)nc2s1. The van der Waals surface area contributed by atoms with Crippen molar-refractivity contribution in [3.05, 3.63) is 57.9 Å². The van der Waals surface area contributed by atoms with E-state index in [0.29, 0.717) is 0 Å². The maximum Gasteiger partial charge on any atom is 0.164 e. The Labute approximate surface area is 148 Å². The van der Waals surface area contributed by atoms with Gasteiger partial charge in [0.2, 0.25) is 0 Å². The largest absolute Gasteiger partial charge is 0.369 e. The number of hydrogen-bond donors (Lipinski definition) is 1. The van der Waals surface area contributed by atoms with Crippen molar-refractivity contribution in [3.8, 4) is 11.4 Å². The fourth-order valence-corrected chi connectivity index (χ4v) is 4.15. The summed E-state index contributed by atoms with van der Waals surface area (Å²) in [6.45, 7) is 2.96. The molecular weight excluding hydrogens is 336 g/mol. The number of aromatic nitrogens is 3. The molecule has 0 saturated heterocycles. The summed E-state index contributed by atoms with van der Waals surface area (Å²) in [4.78, 5) is 17.3. The van der Waals surface area contributed by atoms with Crippen molar-refractivity contribution in [2.45, 2.75) is 13.3 Å². The second kappa shape index (κ2) is 6.67. The number of pyridine rings is 1. The first-order valence-electron chi connectivity index (χ1n) is 7.74. The van der Waals surface area contributed by atoms with Crippen LogP contribution in [0.1, 0.15) is 9.75 Å². The van der Waals surface area contributed by atoms with E-state index in [2.05, 4.69) is 40.8 Å². The first-order chi connectivity index (χ1) is 11.8. The van der Waals surface area contributed by atoms with Crippen molar-refractivity contribution in [1.82, 2.24) is 15.0 Å². The number of thiophene rings is 2. The smallest absolute Gasteiger partial charge is 0.164 e. The average molecular weight is 352 g/mol. The first kappa shape index (κ1) is 15.2. The molecule has 1 N–H and O–H groups in total. The standard InChI is InChI=1S/C18H16N4S2/c1-12-10-15-17(20-8-6-14-5-3-9-23-14)21-16(22-18(15)24-12)13-4-2-7-19-11-13/h2-5,7,9-11H,6,8H2,1H3,(H,20,21,22). The van der Waals surface area contributed by atoms with Gasteiger partial charge in [0.05, 0.1) is 5.39 Å². The minimum Gasteiger partial charge on any atom is -0.369 e. The van der Waals surface area contributed by atoms with E-state index in [1.165, 1.54) is 9.75 Å². The van der Waals surface area contributed by atoms with E-state index < -0.39 is 0 Å². The van der Waals surface area contributed by atoms with Gasteiger partial charge in [-0.2, -0.15) is 0 Å². The second-order valence-corrected chi connectivity index (χ2v) is 7.74. The van der Waals surface area contributed by atoms with Crippen LogP contribution >= 0.6 is 22.7 Å². The monoisotopic (exact) mass is 352 g/mol. The molecule has 4 rings (SSSR count). The molecule has 0 fully saturated rings. The quantitative estimate of drug-likeness (QED) is 0.562. The summed E-state index contributed by atoms with van der Waals surface area (Å²) in [5.74, 6) is 1.62. The molecule has 0 unspecified atom stereocenters. The van der Waals surface area contributed by atoms with Gasteiger partial charge < -0.3 is 5.32 Å². The van der Waals surface area contributed by atoms with Crippen LogP contribution in [0.5, 0.6) is 0 Å². The zero-order valence-electron chi connectivity index (χ0n) is 13.2. The minimum absolute atomic E-state index is 0.719. The van der Waals surface area contributed by atoms with Gasteiger partial charge in [-0.05, 0) is 43.0 Å². The van der Waals surface area contributed by atoms with Crippen molar-refractivity contribution in [2.24, 2.45) is 0 Å². The molecule has 0 radical (unpaired) electrons. The van der Waals surface area contributed by atoms with Gasteiger partial charge in [-0.1, -0.05) is 6.07 Å². The molecular formula is C18H16N4S2. The van der Waals surface area contributed by atoms with E-state index in [4.69, 9.17) is 9.97 Å². The fraction of sp³-hybridized carbons (Fsp3) is 0.167.